The van der Waals surface area contributed by atoms with Gasteiger partial charge in [-0.2, -0.15) is 0 Å². The quantitative estimate of drug-likeness (QED) is 0.605. The molecule has 0 unspecified atom stereocenters. The van der Waals surface area contributed by atoms with Crippen LogP contribution in [0.5, 0.6) is 5.75 Å². The number of piperidine rings is 1. The number of nitrogens with one attached hydrogen (secondary N) is 2. The number of likely N-dealkylation sites (tertiary alicyclic amines) is 1. The van der Waals surface area contributed by atoms with Crippen molar-refractivity contribution in [3.8, 4) is 5.75 Å². The Morgan fingerprint density at radius 3 is 2.77 bits per heavy atom. The van der Waals surface area contributed by atoms with Crippen molar-refractivity contribution in [1.29, 1.82) is 0 Å². The van der Waals surface area contributed by atoms with E-state index in [2.05, 4.69) is 15.5 Å². The third-order valence-corrected chi connectivity index (χ3v) is 5.34. The van der Waals surface area contributed by atoms with E-state index in [1.807, 2.05) is 32.0 Å². The number of amides is 2. The molecule has 0 aliphatic carbocycles. The predicted molar refractivity (Wildman–Crippen MR) is 120 cm³/mol. The third kappa shape index (κ3) is 7.36. The van der Waals surface area contributed by atoms with Gasteiger partial charge in [0.2, 0.25) is 5.91 Å². The summed E-state index contributed by atoms with van der Waals surface area (Å²) < 4.78 is 11.2. The van der Waals surface area contributed by atoms with Gasteiger partial charge in [-0.3, -0.25) is 4.79 Å². The lowest BCUT2D eigenvalue weighted by Gasteiger charge is -2.32. The molecule has 1 saturated heterocycles. The molecule has 2 N–H and O–H groups in total. The van der Waals surface area contributed by atoms with Crippen LogP contribution in [0, 0.1) is 5.92 Å². The summed E-state index contributed by atoms with van der Waals surface area (Å²) in [5, 5.41) is 5.88. The first kappa shape index (κ1) is 24.3. The van der Waals surface area contributed by atoms with Gasteiger partial charge in [-0.1, -0.05) is 19.9 Å². The van der Waals surface area contributed by atoms with Crippen LogP contribution < -0.4 is 15.4 Å². The van der Waals surface area contributed by atoms with E-state index >= 15 is 0 Å². The Hall–Kier alpha value is -1.99. The van der Waals surface area contributed by atoms with Gasteiger partial charge in [0.15, 0.2) is 0 Å². The minimum absolute atomic E-state index is 0. The zero-order chi connectivity index (χ0) is 20.6. The molecule has 0 atom stereocenters. The third-order valence-electron chi connectivity index (χ3n) is 5.34. The average molecular weight is 440 g/mol. The van der Waals surface area contributed by atoms with Crippen molar-refractivity contribution in [3.05, 3.63) is 23.8 Å². The molecule has 168 valence electrons. The van der Waals surface area contributed by atoms with Crippen LogP contribution in [0.25, 0.3) is 0 Å². The zero-order valence-corrected chi connectivity index (χ0v) is 18.8. The minimum atomic E-state index is -0.298. The summed E-state index contributed by atoms with van der Waals surface area (Å²) in [6, 6.07) is 6.03. The van der Waals surface area contributed by atoms with Crippen molar-refractivity contribution < 1.29 is 19.1 Å². The topological polar surface area (TPSA) is 79.9 Å². The Morgan fingerprint density at radius 1 is 1.27 bits per heavy atom. The highest BCUT2D eigenvalue weighted by Crippen LogP contribution is 2.31. The van der Waals surface area contributed by atoms with Crippen molar-refractivity contribution in [1.82, 2.24) is 10.2 Å². The second-order valence-corrected chi connectivity index (χ2v) is 8.29. The molecule has 0 aromatic heterocycles. The summed E-state index contributed by atoms with van der Waals surface area (Å²) in [6.07, 6.45) is 3.80. The van der Waals surface area contributed by atoms with Crippen molar-refractivity contribution in [2.24, 2.45) is 5.92 Å². The van der Waals surface area contributed by atoms with E-state index in [0.717, 1.165) is 62.3 Å². The number of fused-ring (bicyclic) bond motifs is 1. The van der Waals surface area contributed by atoms with E-state index < -0.39 is 0 Å². The molecule has 0 saturated carbocycles. The second-order valence-electron chi connectivity index (χ2n) is 8.29. The summed E-state index contributed by atoms with van der Waals surface area (Å²) in [5.41, 5.74) is 1.98. The summed E-state index contributed by atoms with van der Waals surface area (Å²) in [5.74, 6) is 1.30. The molecule has 0 spiro atoms. The number of benzene rings is 1. The first-order valence-corrected chi connectivity index (χ1v) is 10.7. The van der Waals surface area contributed by atoms with Crippen LogP contribution in [-0.2, 0) is 16.0 Å². The molecule has 8 heteroatoms. The van der Waals surface area contributed by atoms with Crippen molar-refractivity contribution >= 4 is 30.1 Å². The molecule has 2 aliphatic rings. The standard InChI is InChI=1S/C22H33N3O4.ClH/c1-16(2)15-29-22(27)23-17-9-12-25(13-10-17)11-4-14-28-20-6-3-5-19-18(20)7-8-21(26)24-19;/h3,5-6,16-17H,4,7-15H2,1-2H3,(H,23,27)(H,24,26);1H. The normalized spacial score (nSPS) is 17.0. The SMILES string of the molecule is CC(C)COC(=O)NC1CCN(CCCOc2cccc3c2CCC(=O)N3)CC1.Cl. The summed E-state index contributed by atoms with van der Waals surface area (Å²) in [7, 11) is 0. The molecule has 2 aliphatic heterocycles. The Morgan fingerprint density at radius 2 is 2.03 bits per heavy atom. The van der Waals surface area contributed by atoms with Crippen molar-refractivity contribution in [2.45, 2.75) is 52.0 Å². The van der Waals surface area contributed by atoms with E-state index in [1.54, 1.807) is 0 Å². The van der Waals surface area contributed by atoms with E-state index in [4.69, 9.17) is 9.47 Å². The summed E-state index contributed by atoms with van der Waals surface area (Å²) in [6.45, 7) is 8.10. The zero-order valence-electron chi connectivity index (χ0n) is 17.9. The number of hydrogen-bond donors (Lipinski definition) is 2. The molecule has 1 fully saturated rings. The second kappa shape index (κ2) is 12.0. The number of nitrogens with zero attached hydrogens (tertiary/aromatic N) is 1. The molecule has 1 aromatic rings. The molecule has 3 rings (SSSR count). The van der Waals surface area contributed by atoms with Gasteiger partial charge in [0.1, 0.15) is 5.75 Å². The first-order chi connectivity index (χ1) is 14.0. The predicted octanol–water partition coefficient (Wildman–Crippen LogP) is 3.61. The molecule has 0 bridgehead atoms. The molecular formula is C22H34ClN3O4. The van der Waals surface area contributed by atoms with E-state index in [0.29, 0.717) is 25.6 Å². The highest BCUT2D eigenvalue weighted by molar-refractivity contribution is 5.94. The Labute approximate surface area is 185 Å². The number of alkyl carbamates (subject to hydrolysis) is 1. The van der Waals surface area contributed by atoms with Gasteiger partial charge < -0.3 is 25.0 Å². The lowest BCUT2D eigenvalue weighted by atomic mass is 10.0. The Kier molecular flexibility index (Phi) is 9.72. The molecule has 7 nitrogen and oxygen atoms in total. The van der Waals surface area contributed by atoms with Gasteiger partial charge in [0, 0.05) is 43.3 Å². The van der Waals surface area contributed by atoms with Crippen LogP contribution >= 0.6 is 12.4 Å². The van der Waals surface area contributed by atoms with Crippen LogP contribution in [0.3, 0.4) is 0 Å². The summed E-state index contributed by atoms with van der Waals surface area (Å²) in [4.78, 5) is 25.7. The van der Waals surface area contributed by atoms with Gasteiger partial charge >= 0.3 is 6.09 Å². The fourth-order valence-electron chi connectivity index (χ4n) is 3.75. The monoisotopic (exact) mass is 439 g/mol. The minimum Gasteiger partial charge on any atom is -0.493 e. The number of carbonyl (C=O) groups excluding carboxylic acids is 2. The number of rotatable bonds is 8. The number of ether oxygens (including phenoxy) is 2. The first-order valence-electron chi connectivity index (χ1n) is 10.7. The largest absolute Gasteiger partial charge is 0.493 e. The van der Waals surface area contributed by atoms with Gasteiger partial charge in [0.05, 0.1) is 13.2 Å². The molecule has 1 aromatic carbocycles. The van der Waals surface area contributed by atoms with E-state index in [-0.39, 0.29) is 30.4 Å². The number of carbonyl (C=O) groups is 2. The molecule has 2 amide bonds. The summed E-state index contributed by atoms with van der Waals surface area (Å²) >= 11 is 0. The maximum atomic E-state index is 11.8. The lowest BCUT2D eigenvalue weighted by molar-refractivity contribution is -0.116. The average Bonchev–Trinajstić information content (AvgIpc) is 2.70. The van der Waals surface area contributed by atoms with E-state index in [9.17, 15) is 9.59 Å². The number of anilines is 1. The van der Waals surface area contributed by atoms with Gasteiger partial charge in [-0.05, 0) is 43.7 Å². The van der Waals surface area contributed by atoms with Crippen LogP contribution in [0.15, 0.2) is 18.2 Å². The van der Waals surface area contributed by atoms with Crippen LogP contribution in [0.4, 0.5) is 10.5 Å². The van der Waals surface area contributed by atoms with Crippen LogP contribution in [0.1, 0.15) is 45.1 Å². The van der Waals surface area contributed by atoms with Crippen molar-refractivity contribution in [3.63, 3.8) is 0 Å². The van der Waals surface area contributed by atoms with E-state index in [1.165, 1.54) is 0 Å². The van der Waals surface area contributed by atoms with Crippen LogP contribution in [-0.4, -0.2) is 55.8 Å². The van der Waals surface area contributed by atoms with Gasteiger partial charge in [-0.25, -0.2) is 4.79 Å². The highest BCUT2D eigenvalue weighted by atomic mass is 35.5. The number of halogens is 1. The van der Waals surface area contributed by atoms with Crippen LogP contribution in [0.2, 0.25) is 0 Å². The van der Waals surface area contributed by atoms with Gasteiger partial charge in [0.25, 0.3) is 0 Å². The Balaban J connectivity index is 0.00000320. The molecule has 0 radical (unpaired) electrons. The maximum absolute atomic E-state index is 11.8. The Bertz CT molecular complexity index is 706. The molecular weight excluding hydrogens is 406 g/mol. The van der Waals surface area contributed by atoms with Crippen molar-refractivity contribution in [2.75, 3.05) is 38.2 Å². The fourth-order valence-corrected chi connectivity index (χ4v) is 3.75. The molecule has 30 heavy (non-hydrogen) atoms. The fraction of sp³-hybridized carbons (Fsp3) is 0.636. The maximum Gasteiger partial charge on any atom is 0.407 e. The molecule has 2 heterocycles. The highest BCUT2D eigenvalue weighted by Gasteiger charge is 2.21. The smallest absolute Gasteiger partial charge is 0.407 e. The number of hydrogen-bond acceptors (Lipinski definition) is 5. The van der Waals surface area contributed by atoms with Gasteiger partial charge in [-0.15, -0.1) is 12.4 Å². The lowest BCUT2D eigenvalue weighted by Crippen LogP contribution is -2.45.